The van der Waals surface area contributed by atoms with E-state index in [1.165, 1.54) is 6.20 Å². The van der Waals surface area contributed by atoms with Crippen molar-refractivity contribution >= 4 is 0 Å². The van der Waals surface area contributed by atoms with Gasteiger partial charge in [-0.1, -0.05) is 0 Å². The smallest absolute Gasteiger partial charge is 0.314 e. The van der Waals surface area contributed by atoms with Gasteiger partial charge in [-0.2, -0.15) is 8.78 Å². The number of aromatic nitrogens is 3. The van der Waals surface area contributed by atoms with Crippen LogP contribution in [0.25, 0.3) is 11.5 Å². The van der Waals surface area contributed by atoms with Crippen LogP contribution in [-0.4, -0.2) is 15.2 Å². The molecule has 0 radical (unpaired) electrons. The van der Waals surface area contributed by atoms with Crippen LogP contribution < -0.4 is 5.73 Å². The summed E-state index contributed by atoms with van der Waals surface area (Å²) >= 11 is 0. The van der Waals surface area contributed by atoms with Crippen molar-refractivity contribution in [3.05, 3.63) is 29.7 Å². The van der Waals surface area contributed by atoms with Crippen LogP contribution in [0.1, 0.15) is 18.0 Å². The summed E-state index contributed by atoms with van der Waals surface area (Å²) < 4.78 is 42.4. The second kappa shape index (κ2) is 4.50. The lowest BCUT2D eigenvalue weighted by Gasteiger charge is -1.99. The lowest BCUT2D eigenvalue weighted by atomic mass is 10.2. The highest BCUT2D eigenvalue weighted by molar-refractivity contribution is 5.51. The Kier molecular flexibility index (Phi) is 3.05. The fourth-order valence-corrected chi connectivity index (χ4v) is 1.17. The standard InChI is InChI=1S/C9H7F3N4O/c10-5-1-4(3-14-6(5)2-13)8-15-16-9(17-8)7(11)12/h1,3,7H,2,13H2. The minimum atomic E-state index is -2.86. The monoisotopic (exact) mass is 244 g/mol. The maximum atomic E-state index is 13.3. The van der Waals surface area contributed by atoms with Gasteiger partial charge in [0.2, 0.25) is 5.89 Å². The molecule has 90 valence electrons. The molecule has 5 nitrogen and oxygen atoms in total. The number of pyridine rings is 1. The maximum absolute atomic E-state index is 13.3. The molecule has 0 amide bonds. The van der Waals surface area contributed by atoms with Gasteiger partial charge in [-0.25, -0.2) is 4.39 Å². The zero-order valence-corrected chi connectivity index (χ0v) is 8.40. The van der Waals surface area contributed by atoms with Crippen LogP contribution in [0.3, 0.4) is 0 Å². The highest BCUT2D eigenvalue weighted by atomic mass is 19.3. The predicted molar refractivity (Wildman–Crippen MR) is 50.3 cm³/mol. The van der Waals surface area contributed by atoms with E-state index in [-0.39, 0.29) is 23.7 Å². The Labute approximate surface area is 93.5 Å². The molecule has 0 aromatic carbocycles. The summed E-state index contributed by atoms with van der Waals surface area (Å²) in [5.41, 5.74) is 5.43. The molecule has 0 fully saturated rings. The van der Waals surface area contributed by atoms with E-state index in [4.69, 9.17) is 5.73 Å². The number of hydrogen-bond acceptors (Lipinski definition) is 5. The first kappa shape index (κ1) is 11.5. The van der Waals surface area contributed by atoms with E-state index >= 15 is 0 Å². The molecule has 0 saturated carbocycles. The molecule has 17 heavy (non-hydrogen) atoms. The van der Waals surface area contributed by atoms with E-state index in [1.54, 1.807) is 0 Å². The molecule has 0 atom stereocenters. The molecule has 0 unspecified atom stereocenters. The topological polar surface area (TPSA) is 77.8 Å². The average Bonchev–Trinajstić information content (AvgIpc) is 2.78. The average molecular weight is 244 g/mol. The highest BCUT2D eigenvalue weighted by Crippen LogP contribution is 2.23. The number of rotatable bonds is 3. The molecule has 0 spiro atoms. The maximum Gasteiger partial charge on any atom is 0.314 e. The Morgan fingerprint density at radius 3 is 2.65 bits per heavy atom. The molecule has 0 aliphatic carbocycles. The second-order valence-electron chi connectivity index (χ2n) is 3.10. The second-order valence-corrected chi connectivity index (χ2v) is 3.10. The van der Waals surface area contributed by atoms with Gasteiger partial charge in [-0.05, 0) is 6.07 Å². The molecule has 2 rings (SSSR count). The minimum Gasteiger partial charge on any atom is -0.415 e. The Hall–Kier alpha value is -1.96. The van der Waals surface area contributed by atoms with Crippen LogP contribution in [0.5, 0.6) is 0 Å². The molecule has 2 aromatic heterocycles. The zero-order chi connectivity index (χ0) is 12.4. The van der Waals surface area contributed by atoms with Crippen molar-refractivity contribution in [3.63, 3.8) is 0 Å². The van der Waals surface area contributed by atoms with Crippen LogP contribution in [0, 0.1) is 5.82 Å². The lowest BCUT2D eigenvalue weighted by molar-refractivity contribution is 0.116. The largest absolute Gasteiger partial charge is 0.415 e. The molecule has 0 saturated heterocycles. The third-order valence-electron chi connectivity index (χ3n) is 1.98. The third-order valence-corrected chi connectivity index (χ3v) is 1.98. The Morgan fingerprint density at radius 1 is 1.35 bits per heavy atom. The Bertz CT molecular complexity index is 529. The van der Waals surface area contributed by atoms with Crippen molar-refractivity contribution in [1.29, 1.82) is 0 Å². The van der Waals surface area contributed by atoms with E-state index in [0.29, 0.717) is 0 Å². The van der Waals surface area contributed by atoms with Gasteiger partial charge in [-0.3, -0.25) is 4.98 Å². The molecule has 0 aliphatic heterocycles. The summed E-state index contributed by atoms with van der Waals surface area (Å²) in [4.78, 5) is 3.71. The first-order valence-electron chi connectivity index (χ1n) is 4.58. The van der Waals surface area contributed by atoms with Crippen molar-refractivity contribution in [2.45, 2.75) is 13.0 Å². The predicted octanol–water partition coefficient (Wildman–Crippen LogP) is 1.67. The van der Waals surface area contributed by atoms with Crippen molar-refractivity contribution < 1.29 is 17.6 Å². The molecule has 2 heterocycles. The zero-order valence-electron chi connectivity index (χ0n) is 8.40. The van der Waals surface area contributed by atoms with Crippen molar-refractivity contribution in [3.8, 4) is 11.5 Å². The van der Waals surface area contributed by atoms with E-state index in [1.807, 2.05) is 0 Å². The normalized spacial score (nSPS) is 11.1. The van der Waals surface area contributed by atoms with Crippen LogP contribution in [0.4, 0.5) is 13.2 Å². The summed E-state index contributed by atoms with van der Waals surface area (Å²) in [6.45, 7) is -0.0573. The Morgan fingerprint density at radius 2 is 2.12 bits per heavy atom. The molecule has 8 heteroatoms. The van der Waals surface area contributed by atoms with E-state index in [0.717, 1.165) is 6.07 Å². The van der Waals surface area contributed by atoms with Gasteiger partial charge in [0, 0.05) is 12.7 Å². The van der Waals surface area contributed by atoms with E-state index in [2.05, 4.69) is 19.6 Å². The lowest BCUT2D eigenvalue weighted by Crippen LogP contribution is -2.02. The van der Waals surface area contributed by atoms with E-state index in [9.17, 15) is 13.2 Å². The van der Waals surface area contributed by atoms with Crippen LogP contribution in [-0.2, 0) is 6.54 Å². The number of nitrogens with two attached hydrogens (primary N) is 1. The van der Waals surface area contributed by atoms with Gasteiger partial charge < -0.3 is 10.2 Å². The van der Waals surface area contributed by atoms with Gasteiger partial charge in [0.25, 0.3) is 5.89 Å². The summed E-state index contributed by atoms with van der Waals surface area (Å²) in [6.07, 6.45) is -1.63. The number of nitrogens with zero attached hydrogens (tertiary/aromatic N) is 3. The summed E-state index contributed by atoms with van der Waals surface area (Å²) in [5, 5.41) is 6.49. The SMILES string of the molecule is NCc1ncc(-c2nnc(C(F)F)o2)cc1F. The van der Waals surface area contributed by atoms with Crippen LogP contribution >= 0.6 is 0 Å². The van der Waals surface area contributed by atoms with Crippen molar-refractivity contribution in [1.82, 2.24) is 15.2 Å². The number of halogens is 3. The molecular formula is C9H7F3N4O. The van der Waals surface area contributed by atoms with Crippen LogP contribution in [0.2, 0.25) is 0 Å². The quantitative estimate of drug-likeness (QED) is 0.888. The molecule has 2 aromatic rings. The van der Waals surface area contributed by atoms with Gasteiger partial charge in [0.15, 0.2) is 0 Å². The highest BCUT2D eigenvalue weighted by Gasteiger charge is 2.17. The fraction of sp³-hybridized carbons (Fsp3) is 0.222. The van der Waals surface area contributed by atoms with Gasteiger partial charge in [0.05, 0.1) is 11.3 Å². The van der Waals surface area contributed by atoms with Gasteiger partial charge in [0.1, 0.15) is 5.82 Å². The fourth-order valence-electron chi connectivity index (χ4n) is 1.17. The molecule has 0 aliphatic rings. The summed E-state index contributed by atoms with van der Waals surface area (Å²) in [5.74, 6) is -1.68. The number of alkyl halides is 2. The molecule has 2 N–H and O–H groups in total. The third kappa shape index (κ3) is 2.26. The van der Waals surface area contributed by atoms with Crippen LogP contribution in [0.15, 0.2) is 16.7 Å². The summed E-state index contributed by atoms with van der Waals surface area (Å²) in [7, 11) is 0. The number of hydrogen-bond donors (Lipinski definition) is 1. The first-order chi connectivity index (χ1) is 8.11. The van der Waals surface area contributed by atoms with Gasteiger partial charge >= 0.3 is 6.43 Å². The summed E-state index contributed by atoms with van der Waals surface area (Å²) in [6, 6.07) is 1.05. The molecule has 0 bridgehead atoms. The molecular weight excluding hydrogens is 237 g/mol. The van der Waals surface area contributed by atoms with E-state index < -0.39 is 18.1 Å². The van der Waals surface area contributed by atoms with Crippen molar-refractivity contribution in [2.75, 3.05) is 0 Å². The minimum absolute atomic E-state index is 0.0573. The first-order valence-corrected chi connectivity index (χ1v) is 4.58. The van der Waals surface area contributed by atoms with Crippen molar-refractivity contribution in [2.24, 2.45) is 5.73 Å². The van der Waals surface area contributed by atoms with Gasteiger partial charge in [-0.15, -0.1) is 10.2 Å². The Balaban J connectivity index is 2.36.